The second kappa shape index (κ2) is 11.9. The van der Waals surface area contributed by atoms with Crippen LogP contribution in [0.3, 0.4) is 0 Å². The van der Waals surface area contributed by atoms with Crippen LogP contribution >= 0.6 is 0 Å². The van der Waals surface area contributed by atoms with Gasteiger partial charge in [0.15, 0.2) is 0 Å². The Labute approximate surface area is 190 Å². The van der Waals surface area contributed by atoms with Crippen LogP contribution in [-0.2, 0) is 38.8 Å². The van der Waals surface area contributed by atoms with Crippen LogP contribution in [0.4, 0.5) is 0 Å². The maximum Gasteiger partial charge on any atom is 0.114 e. The van der Waals surface area contributed by atoms with E-state index in [1.807, 2.05) is 91.0 Å². The molecule has 0 unspecified atom stereocenters. The molecule has 32 heavy (non-hydrogen) atoms. The van der Waals surface area contributed by atoms with Crippen LogP contribution in [0.15, 0.2) is 91.0 Å². The van der Waals surface area contributed by atoms with Gasteiger partial charge in [-0.3, -0.25) is 0 Å². The monoisotopic (exact) mass is 432 g/mol. The molecule has 1 radical (unpaired) electrons. The molecule has 1 saturated heterocycles. The van der Waals surface area contributed by atoms with Crippen molar-refractivity contribution in [3.63, 3.8) is 0 Å². The average molecular weight is 433 g/mol. The maximum atomic E-state index is 6.36. The summed E-state index contributed by atoms with van der Waals surface area (Å²) in [6, 6.07) is 29.8. The predicted molar refractivity (Wildman–Crippen MR) is 123 cm³/mol. The number of hydrogen-bond donors (Lipinski definition) is 1. The Morgan fingerprint density at radius 1 is 0.625 bits per heavy atom. The summed E-state index contributed by atoms with van der Waals surface area (Å²) in [5.41, 5.74) is 9.64. The van der Waals surface area contributed by atoms with Crippen molar-refractivity contribution in [3.05, 3.63) is 114 Å². The largest absolute Gasteiger partial charge is 0.374 e. The van der Waals surface area contributed by atoms with E-state index in [9.17, 15) is 0 Å². The molecular weight excluding hydrogens is 402 g/mol. The van der Waals surface area contributed by atoms with Crippen LogP contribution < -0.4 is 5.73 Å². The number of benzene rings is 3. The quantitative estimate of drug-likeness (QED) is 0.519. The molecule has 1 fully saturated rings. The van der Waals surface area contributed by atoms with Gasteiger partial charge in [-0.2, -0.15) is 0 Å². The fourth-order valence-corrected chi connectivity index (χ4v) is 3.72. The molecule has 2 N–H and O–H groups in total. The van der Waals surface area contributed by atoms with Gasteiger partial charge < -0.3 is 24.7 Å². The van der Waals surface area contributed by atoms with Crippen molar-refractivity contribution in [3.8, 4) is 0 Å². The van der Waals surface area contributed by atoms with E-state index in [-0.39, 0.29) is 18.3 Å². The minimum Gasteiger partial charge on any atom is -0.374 e. The van der Waals surface area contributed by atoms with Crippen molar-refractivity contribution >= 4 is 0 Å². The summed E-state index contributed by atoms with van der Waals surface area (Å²) >= 11 is 0. The average Bonchev–Trinajstić information content (AvgIpc) is 2.85. The van der Waals surface area contributed by atoms with E-state index in [2.05, 4.69) is 0 Å². The minimum absolute atomic E-state index is 0.317. The summed E-state index contributed by atoms with van der Waals surface area (Å²) in [5.74, 6) is 0. The number of ether oxygens (including phenoxy) is 4. The molecule has 167 valence electrons. The highest BCUT2D eigenvalue weighted by Gasteiger charge is 2.41. The van der Waals surface area contributed by atoms with E-state index >= 15 is 0 Å². The Kier molecular flexibility index (Phi) is 8.42. The van der Waals surface area contributed by atoms with Gasteiger partial charge in [-0.25, -0.2) is 0 Å². The molecule has 1 aliphatic rings. The molecule has 5 nitrogen and oxygen atoms in total. The molecule has 1 heterocycles. The summed E-state index contributed by atoms with van der Waals surface area (Å²) in [6.07, 6.45) is -1.03. The highest BCUT2D eigenvalue weighted by atomic mass is 16.6. The van der Waals surface area contributed by atoms with Gasteiger partial charge in [-0.1, -0.05) is 91.0 Å². The van der Waals surface area contributed by atoms with Gasteiger partial charge >= 0.3 is 0 Å². The molecule has 0 aromatic heterocycles. The van der Waals surface area contributed by atoms with Crippen molar-refractivity contribution in [1.29, 1.82) is 0 Å². The van der Waals surface area contributed by atoms with E-state index in [1.54, 1.807) is 6.61 Å². The molecule has 1 aliphatic heterocycles. The zero-order valence-electron chi connectivity index (χ0n) is 18.1. The number of hydrogen-bond acceptors (Lipinski definition) is 5. The lowest BCUT2D eigenvalue weighted by molar-refractivity contribution is -0.187. The Morgan fingerprint density at radius 3 is 1.62 bits per heavy atom. The van der Waals surface area contributed by atoms with Crippen LogP contribution in [0.1, 0.15) is 16.7 Å². The van der Waals surface area contributed by atoms with Gasteiger partial charge in [-0.05, 0) is 16.7 Å². The second-order valence-corrected chi connectivity index (χ2v) is 7.91. The first-order valence-electron chi connectivity index (χ1n) is 11.0. The molecular formula is C27H30NO4. The van der Waals surface area contributed by atoms with Gasteiger partial charge in [-0.15, -0.1) is 0 Å². The fourth-order valence-electron chi connectivity index (χ4n) is 3.72. The minimum atomic E-state index is -0.398. The number of nitrogens with two attached hydrogens (primary N) is 1. The smallest absolute Gasteiger partial charge is 0.114 e. The van der Waals surface area contributed by atoms with Gasteiger partial charge in [0.25, 0.3) is 0 Å². The first-order valence-corrected chi connectivity index (χ1v) is 11.0. The fraction of sp³-hybridized carbons (Fsp3) is 0.296. The van der Waals surface area contributed by atoms with E-state index in [0.717, 1.165) is 16.7 Å². The summed E-state index contributed by atoms with van der Waals surface area (Å²) in [5, 5.41) is 0. The standard InChI is InChI=1S/C27H30NO4/c28-24-19-30-25(20-29-16-21-10-4-1-5-11-21)27(32-18-23-14-8-3-9-15-23)26(24)31-17-22-12-6-2-7-13-22/h1-15,19,24-27H,16-18,20,28H2/t24-,25-,26-,27-/m1/s1. The van der Waals surface area contributed by atoms with E-state index in [1.165, 1.54) is 0 Å². The maximum absolute atomic E-state index is 6.36. The van der Waals surface area contributed by atoms with Crippen molar-refractivity contribution in [2.24, 2.45) is 5.73 Å². The predicted octanol–water partition coefficient (Wildman–Crippen LogP) is 4.26. The summed E-state index contributed by atoms with van der Waals surface area (Å²) in [6.45, 7) is 3.43. The van der Waals surface area contributed by atoms with Gasteiger partial charge in [0.05, 0.1) is 32.5 Å². The molecule has 3 aromatic rings. The summed E-state index contributed by atoms with van der Waals surface area (Å²) in [4.78, 5) is 0. The van der Waals surface area contributed by atoms with Crippen molar-refractivity contribution in [2.75, 3.05) is 6.61 Å². The Balaban J connectivity index is 1.42. The lowest BCUT2D eigenvalue weighted by Crippen LogP contribution is -2.57. The molecule has 5 heteroatoms. The van der Waals surface area contributed by atoms with Crippen LogP contribution in [0, 0.1) is 6.61 Å². The highest BCUT2D eigenvalue weighted by Crippen LogP contribution is 2.25. The van der Waals surface area contributed by atoms with Crippen LogP contribution in [0.5, 0.6) is 0 Å². The molecule has 0 bridgehead atoms. The van der Waals surface area contributed by atoms with Crippen LogP contribution in [0.2, 0.25) is 0 Å². The second-order valence-electron chi connectivity index (χ2n) is 7.91. The molecule has 0 aliphatic carbocycles. The van der Waals surface area contributed by atoms with Gasteiger partial charge in [0.2, 0.25) is 0 Å². The summed E-state index contributed by atoms with van der Waals surface area (Å²) in [7, 11) is 0. The van der Waals surface area contributed by atoms with E-state index in [0.29, 0.717) is 26.4 Å². The molecule has 0 saturated carbocycles. The lowest BCUT2D eigenvalue weighted by Gasteiger charge is -2.40. The van der Waals surface area contributed by atoms with Crippen LogP contribution in [-0.4, -0.2) is 31.0 Å². The Morgan fingerprint density at radius 2 is 1.09 bits per heavy atom. The first-order chi connectivity index (χ1) is 15.8. The van der Waals surface area contributed by atoms with E-state index < -0.39 is 6.04 Å². The normalized spacial score (nSPS) is 23.2. The highest BCUT2D eigenvalue weighted by molar-refractivity contribution is 5.15. The third-order valence-electron chi connectivity index (χ3n) is 5.44. The van der Waals surface area contributed by atoms with Crippen molar-refractivity contribution in [1.82, 2.24) is 0 Å². The summed E-state index contributed by atoms with van der Waals surface area (Å²) < 4.78 is 24.5. The zero-order valence-corrected chi connectivity index (χ0v) is 18.1. The van der Waals surface area contributed by atoms with E-state index in [4.69, 9.17) is 24.7 Å². The Hall–Kier alpha value is -2.54. The third kappa shape index (κ3) is 6.48. The molecule has 3 aromatic carbocycles. The molecule has 0 spiro atoms. The van der Waals surface area contributed by atoms with Crippen molar-refractivity contribution in [2.45, 2.75) is 44.2 Å². The topological polar surface area (TPSA) is 62.9 Å². The number of rotatable bonds is 10. The zero-order chi connectivity index (χ0) is 22.0. The first kappa shape index (κ1) is 22.6. The third-order valence-corrected chi connectivity index (χ3v) is 5.44. The van der Waals surface area contributed by atoms with Crippen LogP contribution in [0.25, 0.3) is 0 Å². The SMILES string of the molecule is N[C@@H]1[CH]O[C@H](COCc2ccccc2)[C@@H](OCc2ccccc2)[C@@H]1OCc1ccccc1. The van der Waals surface area contributed by atoms with Gasteiger partial charge in [0.1, 0.15) is 24.9 Å². The lowest BCUT2D eigenvalue weighted by atomic mass is 9.98. The van der Waals surface area contributed by atoms with Crippen molar-refractivity contribution < 1.29 is 18.9 Å². The van der Waals surface area contributed by atoms with Gasteiger partial charge in [0, 0.05) is 0 Å². The molecule has 4 rings (SSSR count). The molecule has 4 atom stereocenters. The molecule has 0 amide bonds. The Bertz CT molecular complexity index is 907.